The van der Waals surface area contributed by atoms with Gasteiger partial charge in [0.1, 0.15) is 11.4 Å². The van der Waals surface area contributed by atoms with Crippen molar-refractivity contribution in [2.75, 3.05) is 13.7 Å². The van der Waals surface area contributed by atoms with E-state index in [2.05, 4.69) is 10.4 Å². The van der Waals surface area contributed by atoms with Crippen molar-refractivity contribution >= 4 is 5.91 Å². The van der Waals surface area contributed by atoms with Gasteiger partial charge in [-0.3, -0.25) is 4.79 Å². The highest BCUT2D eigenvalue weighted by atomic mass is 16.5. The molecule has 1 aromatic heterocycles. The highest BCUT2D eigenvalue weighted by Crippen LogP contribution is 2.25. The van der Waals surface area contributed by atoms with Gasteiger partial charge in [0.25, 0.3) is 5.91 Å². The van der Waals surface area contributed by atoms with Gasteiger partial charge in [-0.25, -0.2) is 4.68 Å². The zero-order chi connectivity index (χ0) is 16.3. The molecular formula is C16H21N3O3. The second kappa shape index (κ2) is 6.62. The summed E-state index contributed by atoms with van der Waals surface area (Å²) in [6, 6.07) is 6.82. The van der Waals surface area contributed by atoms with E-state index in [0.717, 1.165) is 11.4 Å². The third-order valence-corrected chi connectivity index (χ3v) is 3.33. The van der Waals surface area contributed by atoms with Gasteiger partial charge >= 0.3 is 0 Å². The highest BCUT2D eigenvalue weighted by molar-refractivity contribution is 5.95. The average Bonchev–Trinajstić information content (AvgIpc) is 2.84. The molecule has 2 rings (SSSR count). The fourth-order valence-corrected chi connectivity index (χ4v) is 2.22. The molecule has 1 heterocycles. The van der Waals surface area contributed by atoms with Crippen molar-refractivity contribution in [3.8, 4) is 11.4 Å². The van der Waals surface area contributed by atoms with Gasteiger partial charge in [0.05, 0.1) is 19.4 Å². The third-order valence-electron chi connectivity index (χ3n) is 3.33. The van der Waals surface area contributed by atoms with Crippen LogP contribution in [0.5, 0.6) is 5.75 Å². The first-order valence-electron chi connectivity index (χ1n) is 7.09. The molecule has 6 heteroatoms. The number of ether oxygens (including phenoxy) is 1. The van der Waals surface area contributed by atoms with Gasteiger partial charge in [0.15, 0.2) is 0 Å². The molecule has 2 N–H and O–H groups in total. The van der Waals surface area contributed by atoms with Crippen molar-refractivity contribution in [1.29, 1.82) is 0 Å². The maximum atomic E-state index is 12.2. The number of aromatic nitrogens is 2. The van der Waals surface area contributed by atoms with Crippen LogP contribution in [0.3, 0.4) is 0 Å². The number of aliphatic hydroxyl groups excluding tert-OH is 1. The summed E-state index contributed by atoms with van der Waals surface area (Å²) in [6.45, 7) is 5.49. The minimum Gasteiger partial charge on any atom is -0.494 e. The number of nitrogens with one attached hydrogen (secondary N) is 1. The Morgan fingerprint density at radius 2 is 2.14 bits per heavy atom. The van der Waals surface area contributed by atoms with Gasteiger partial charge in [0, 0.05) is 17.3 Å². The molecule has 1 amide bonds. The molecule has 0 aliphatic heterocycles. The quantitative estimate of drug-likeness (QED) is 0.880. The third kappa shape index (κ3) is 3.28. The fraction of sp³-hybridized carbons (Fsp3) is 0.375. The van der Waals surface area contributed by atoms with Crippen LogP contribution in [-0.4, -0.2) is 40.6 Å². The monoisotopic (exact) mass is 303 g/mol. The standard InChI is InChI=1S/C16H21N3O3/c1-10-7-12(3)19(18-10)14-8-13(5-6-15(14)22-4)16(21)17-11(2)9-20/h5-8,11,20H,9H2,1-4H3,(H,17,21)/t11-/m0/s1. The maximum Gasteiger partial charge on any atom is 0.251 e. The zero-order valence-corrected chi connectivity index (χ0v) is 13.3. The molecule has 0 aliphatic carbocycles. The highest BCUT2D eigenvalue weighted by Gasteiger charge is 2.15. The number of aliphatic hydroxyl groups is 1. The first-order chi connectivity index (χ1) is 10.5. The Labute approximate surface area is 129 Å². The summed E-state index contributed by atoms with van der Waals surface area (Å²) in [5.41, 5.74) is 3.04. The van der Waals surface area contributed by atoms with E-state index in [1.165, 1.54) is 0 Å². The van der Waals surface area contributed by atoms with E-state index < -0.39 is 0 Å². The molecule has 0 bridgehead atoms. The molecule has 0 radical (unpaired) electrons. The molecule has 118 valence electrons. The number of rotatable bonds is 5. The Balaban J connectivity index is 2.43. The molecule has 2 aromatic rings. The van der Waals surface area contributed by atoms with E-state index in [4.69, 9.17) is 9.84 Å². The van der Waals surface area contributed by atoms with E-state index in [0.29, 0.717) is 17.0 Å². The SMILES string of the molecule is COc1ccc(C(=O)N[C@@H](C)CO)cc1-n1nc(C)cc1C. The van der Waals surface area contributed by atoms with Crippen LogP contribution >= 0.6 is 0 Å². The first kappa shape index (κ1) is 16.0. The summed E-state index contributed by atoms with van der Waals surface area (Å²) < 4.78 is 7.12. The van der Waals surface area contributed by atoms with E-state index in [-0.39, 0.29) is 18.6 Å². The van der Waals surface area contributed by atoms with Gasteiger partial charge in [0.2, 0.25) is 0 Å². The largest absolute Gasteiger partial charge is 0.494 e. The van der Waals surface area contributed by atoms with E-state index in [1.54, 1.807) is 36.9 Å². The predicted molar refractivity (Wildman–Crippen MR) is 83.6 cm³/mol. The van der Waals surface area contributed by atoms with Gasteiger partial charge in [-0.05, 0) is 45.0 Å². The van der Waals surface area contributed by atoms with Gasteiger partial charge in [-0.2, -0.15) is 5.10 Å². The number of methoxy groups -OCH3 is 1. The number of benzene rings is 1. The summed E-state index contributed by atoms with van der Waals surface area (Å²) in [6.07, 6.45) is 0. The molecule has 1 atom stereocenters. The number of hydrogen-bond acceptors (Lipinski definition) is 4. The average molecular weight is 303 g/mol. The van der Waals surface area contributed by atoms with Gasteiger partial charge < -0.3 is 15.2 Å². The first-order valence-corrected chi connectivity index (χ1v) is 7.09. The van der Waals surface area contributed by atoms with E-state index in [9.17, 15) is 4.79 Å². The summed E-state index contributed by atoms with van der Waals surface area (Å²) in [4.78, 5) is 12.2. The zero-order valence-electron chi connectivity index (χ0n) is 13.3. The van der Waals surface area contributed by atoms with Gasteiger partial charge in [-0.1, -0.05) is 0 Å². The molecule has 6 nitrogen and oxygen atoms in total. The van der Waals surface area contributed by atoms with Crippen molar-refractivity contribution in [3.05, 3.63) is 41.2 Å². The van der Waals surface area contributed by atoms with Crippen molar-refractivity contribution < 1.29 is 14.6 Å². The lowest BCUT2D eigenvalue weighted by atomic mass is 10.1. The summed E-state index contributed by atoms with van der Waals surface area (Å²) in [7, 11) is 1.58. The number of amides is 1. The van der Waals surface area contributed by atoms with Crippen LogP contribution in [0, 0.1) is 13.8 Å². The molecule has 22 heavy (non-hydrogen) atoms. The number of carbonyl (C=O) groups is 1. The summed E-state index contributed by atoms with van der Waals surface area (Å²) in [5, 5.41) is 16.2. The molecule has 1 aromatic carbocycles. The predicted octanol–water partition coefficient (Wildman–Crippen LogP) is 1.61. The molecule has 0 saturated heterocycles. The normalized spacial score (nSPS) is 12.0. The Kier molecular flexibility index (Phi) is 4.82. The van der Waals surface area contributed by atoms with Crippen LogP contribution in [0.25, 0.3) is 5.69 Å². The lowest BCUT2D eigenvalue weighted by Gasteiger charge is -2.14. The minimum atomic E-state index is -0.299. The molecule has 0 aliphatic rings. The van der Waals surface area contributed by atoms with Crippen LogP contribution in [0.1, 0.15) is 28.7 Å². The second-order valence-electron chi connectivity index (χ2n) is 5.28. The number of aryl methyl sites for hydroxylation is 2. The number of nitrogens with zero attached hydrogens (tertiary/aromatic N) is 2. The smallest absolute Gasteiger partial charge is 0.251 e. The molecule has 0 fully saturated rings. The van der Waals surface area contributed by atoms with Gasteiger partial charge in [-0.15, -0.1) is 0 Å². The van der Waals surface area contributed by atoms with Crippen LogP contribution in [0.15, 0.2) is 24.3 Å². The topological polar surface area (TPSA) is 76.4 Å². The second-order valence-corrected chi connectivity index (χ2v) is 5.28. The molecule has 0 spiro atoms. The summed E-state index contributed by atoms with van der Waals surface area (Å²) >= 11 is 0. The lowest BCUT2D eigenvalue weighted by Crippen LogP contribution is -2.35. The van der Waals surface area contributed by atoms with Crippen LogP contribution in [0.4, 0.5) is 0 Å². The molecular weight excluding hydrogens is 282 g/mol. The maximum absolute atomic E-state index is 12.2. The lowest BCUT2D eigenvalue weighted by molar-refractivity contribution is 0.0922. The Morgan fingerprint density at radius 1 is 1.41 bits per heavy atom. The Morgan fingerprint density at radius 3 is 2.68 bits per heavy atom. The minimum absolute atomic E-state index is 0.105. The Bertz CT molecular complexity index is 679. The van der Waals surface area contributed by atoms with Crippen LogP contribution in [0.2, 0.25) is 0 Å². The van der Waals surface area contributed by atoms with Crippen LogP contribution in [-0.2, 0) is 0 Å². The Hall–Kier alpha value is -2.34. The van der Waals surface area contributed by atoms with Crippen molar-refractivity contribution in [3.63, 3.8) is 0 Å². The number of hydrogen-bond donors (Lipinski definition) is 2. The number of carbonyl (C=O) groups excluding carboxylic acids is 1. The summed E-state index contributed by atoms with van der Waals surface area (Å²) in [5.74, 6) is 0.393. The van der Waals surface area contributed by atoms with E-state index in [1.807, 2.05) is 19.9 Å². The van der Waals surface area contributed by atoms with Crippen molar-refractivity contribution in [2.45, 2.75) is 26.8 Å². The van der Waals surface area contributed by atoms with E-state index >= 15 is 0 Å². The molecule has 0 saturated carbocycles. The van der Waals surface area contributed by atoms with Crippen molar-refractivity contribution in [2.24, 2.45) is 0 Å². The van der Waals surface area contributed by atoms with Crippen molar-refractivity contribution in [1.82, 2.24) is 15.1 Å². The molecule has 0 unspecified atom stereocenters. The fourth-order valence-electron chi connectivity index (χ4n) is 2.22. The van der Waals surface area contributed by atoms with Crippen LogP contribution < -0.4 is 10.1 Å².